The summed E-state index contributed by atoms with van der Waals surface area (Å²) in [6.07, 6.45) is 8.71. The predicted octanol–water partition coefficient (Wildman–Crippen LogP) is 5.16. The molecule has 7 nitrogen and oxygen atoms in total. The van der Waals surface area contributed by atoms with E-state index in [-0.39, 0.29) is 22.3 Å². The third-order valence-corrected chi connectivity index (χ3v) is 8.75. The summed E-state index contributed by atoms with van der Waals surface area (Å²) in [5.74, 6) is -1.52. The molecule has 4 atom stereocenters. The van der Waals surface area contributed by atoms with Crippen LogP contribution in [0.5, 0.6) is 0 Å². The average Bonchev–Trinajstić information content (AvgIpc) is 3.38. The molecule has 224 valence electrons. The lowest BCUT2D eigenvalue weighted by Crippen LogP contribution is -2.50. The average molecular weight is 608 g/mol. The van der Waals surface area contributed by atoms with Gasteiger partial charge in [-0.05, 0) is 55.0 Å². The zero-order valence-electron chi connectivity index (χ0n) is 24.1. The first kappa shape index (κ1) is 31.7. The van der Waals surface area contributed by atoms with Gasteiger partial charge in [0.1, 0.15) is 5.82 Å². The predicted molar refractivity (Wildman–Crippen MR) is 163 cm³/mol. The van der Waals surface area contributed by atoms with Crippen LogP contribution in [0.2, 0.25) is 5.02 Å². The van der Waals surface area contributed by atoms with Crippen LogP contribution in [0.15, 0.2) is 48.0 Å². The second kappa shape index (κ2) is 13.4. The molecule has 1 aromatic carbocycles. The summed E-state index contributed by atoms with van der Waals surface area (Å²) in [4.78, 5) is 30.1. The fourth-order valence-electron chi connectivity index (χ4n) is 6.36. The van der Waals surface area contributed by atoms with Gasteiger partial charge in [-0.3, -0.25) is 14.5 Å². The monoisotopic (exact) mass is 606 g/mol. The van der Waals surface area contributed by atoms with Crippen molar-refractivity contribution in [3.63, 3.8) is 0 Å². The minimum Gasteiger partial charge on any atom is -0.379 e. The molecule has 0 aliphatic carbocycles. The number of halogens is 3. The maximum Gasteiger partial charge on any atom is 0.237 e. The molecule has 0 unspecified atom stereocenters. The zero-order chi connectivity index (χ0) is 29.8. The molecule has 0 saturated carbocycles. The number of carbonyl (C=O) groups excluding carboxylic acids is 2. The number of ether oxygens (including phenoxy) is 1. The molecule has 3 heterocycles. The molecule has 2 saturated heterocycles. The number of hydrogen-bond donors (Lipinski definition) is 3. The minimum absolute atomic E-state index is 0.0605. The van der Waals surface area contributed by atoms with Gasteiger partial charge in [-0.25, -0.2) is 4.39 Å². The van der Waals surface area contributed by atoms with Crippen LogP contribution in [-0.4, -0.2) is 68.2 Å². The number of anilines is 1. The van der Waals surface area contributed by atoms with Gasteiger partial charge in [-0.1, -0.05) is 68.8 Å². The number of amides is 2. The van der Waals surface area contributed by atoms with Gasteiger partial charge in [-0.2, -0.15) is 0 Å². The second-order valence-electron chi connectivity index (χ2n) is 12.2. The maximum absolute atomic E-state index is 15.0. The van der Waals surface area contributed by atoms with Crippen LogP contribution in [-0.2, 0) is 19.7 Å². The Morgan fingerprint density at radius 1 is 1.32 bits per heavy atom. The molecule has 4 rings (SSSR count). The van der Waals surface area contributed by atoms with Crippen molar-refractivity contribution in [3.8, 4) is 0 Å². The Morgan fingerprint density at radius 3 is 2.73 bits per heavy atom. The summed E-state index contributed by atoms with van der Waals surface area (Å²) in [5, 5.41) is 10.0. The SMILES string of the molecule is C=C/C(Cl)=C\C=C/C[C@H]1[C@H](C(=O)NCCCN2CCOCC2)N[C@H](CC(C)(C)C)[C@]12C(=O)Nc1cc(Cl)c(F)cc12. The highest BCUT2D eigenvalue weighted by Crippen LogP contribution is 2.54. The third kappa shape index (κ3) is 7.05. The summed E-state index contributed by atoms with van der Waals surface area (Å²) in [5.41, 5.74) is -0.341. The number of allylic oxidation sites excluding steroid dienone is 5. The zero-order valence-corrected chi connectivity index (χ0v) is 25.6. The van der Waals surface area contributed by atoms with Crippen molar-refractivity contribution in [2.75, 3.05) is 44.7 Å². The fourth-order valence-corrected chi connectivity index (χ4v) is 6.59. The molecule has 0 bridgehead atoms. The quantitative estimate of drug-likeness (QED) is 0.253. The summed E-state index contributed by atoms with van der Waals surface area (Å²) in [6, 6.07) is 1.73. The molecule has 10 heteroatoms. The van der Waals surface area contributed by atoms with Crippen LogP contribution >= 0.6 is 23.2 Å². The summed E-state index contributed by atoms with van der Waals surface area (Å²) >= 11 is 12.2. The first-order valence-electron chi connectivity index (χ1n) is 14.3. The van der Waals surface area contributed by atoms with E-state index in [9.17, 15) is 14.0 Å². The first-order chi connectivity index (χ1) is 19.5. The second-order valence-corrected chi connectivity index (χ2v) is 13.1. The maximum atomic E-state index is 15.0. The van der Waals surface area contributed by atoms with E-state index in [1.807, 2.05) is 6.08 Å². The first-order valence-corrected chi connectivity index (χ1v) is 15.0. The molecule has 41 heavy (non-hydrogen) atoms. The van der Waals surface area contributed by atoms with Crippen LogP contribution in [0.3, 0.4) is 0 Å². The van der Waals surface area contributed by atoms with Crippen LogP contribution in [0, 0.1) is 17.2 Å². The Labute approximate surface area is 252 Å². The van der Waals surface area contributed by atoms with Crippen molar-refractivity contribution in [2.45, 2.75) is 57.5 Å². The van der Waals surface area contributed by atoms with E-state index in [1.54, 1.807) is 12.2 Å². The molecular formula is C31H41Cl2FN4O3. The number of fused-ring (bicyclic) bond motifs is 2. The molecule has 2 amide bonds. The van der Waals surface area contributed by atoms with E-state index in [2.05, 4.69) is 48.2 Å². The third-order valence-electron chi connectivity index (χ3n) is 8.18. The Bertz CT molecular complexity index is 1210. The van der Waals surface area contributed by atoms with Gasteiger partial charge in [0.05, 0.1) is 29.7 Å². The number of carbonyl (C=O) groups is 2. The van der Waals surface area contributed by atoms with Gasteiger partial charge >= 0.3 is 0 Å². The minimum atomic E-state index is -1.18. The van der Waals surface area contributed by atoms with Crippen LogP contribution in [0.1, 0.15) is 45.6 Å². The van der Waals surface area contributed by atoms with Gasteiger partial charge in [0, 0.05) is 42.3 Å². The van der Waals surface area contributed by atoms with E-state index in [0.29, 0.717) is 35.7 Å². The number of nitrogens with zero attached hydrogens (tertiary/aromatic N) is 1. The standard InChI is InChI=1S/C31H41Cl2FN4O3/c1-5-20(32)9-6-7-10-21-27(28(39)35-11-8-12-38-13-15-41-16-14-38)37-26(19-30(2,3)4)31(21)22-17-24(34)23(33)18-25(22)36-29(31)40/h5-7,9,17-18,21,26-27,37H,1,8,10-16,19H2,2-4H3,(H,35,39)(H,36,40)/b7-6-,20-9+/t21-,26+,27+,31-/m0/s1. The van der Waals surface area contributed by atoms with Crippen LogP contribution in [0.4, 0.5) is 10.1 Å². The molecule has 3 aliphatic heterocycles. The van der Waals surface area contributed by atoms with E-state index >= 15 is 0 Å². The molecule has 1 spiro atoms. The normalized spacial score (nSPS) is 26.9. The van der Waals surface area contributed by atoms with Gasteiger partial charge in [0.25, 0.3) is 0 Å². The van der Waals surface area contributed by atoms with E-state index < -0.39 is 29.2 Å². The largest absolute Gasteiger partial charge is 0.379 e. The highest BCUT2D eigenvalue weighted by Gasteiger charge is 2.64. The number of benzene rings is 1. The van der Waals surface area contributed by atoms with Crippen LogP contribution in [0.25, 0.3) is 0 Å². The van der Waals surface area contributed by atoms with E-state index in [0.717, 1.165) is 39.3 Å². The molecule has 2 fully saturated rings. The Hall–Kier alpha value is -2.23. The fraction of sp³-hybridized carbons (Fsp3) is 0.548. The summed E-state index contributed by atoms with van der Waals surface area (Å²) < 4.78 is 20.4. The lowest BCUT2D eigenvalue weighted by molar-refractivity contribution is -0.125. The van der Waals surface area contributed by atoms with Crippen molar-refractivity contribution in [3.05, 3.63) is 64.5 Å². The van der Waals surface area contributed by atoms with E-state index in [4.69, 9.17) is 27.9 Å². The number of hydrogen-bond acceptors (Lipinski definition) is 5. The molecule has 0 radical (unpaired) electrons. The van der Waals surface area contributed by atoms with Gasteiger partial charge in [0.15, 0.2) is 0 Å². The van der Waals surface area contributed by atoms with Gasteiger partial charge < -0.3 is 20.7 Å². The Balaban J connectivity index is 1.67. The van der Waals surface area contributed by atoms with Gasteiger partial charge in [0.2, 0.25) is 11.8 Å². The summed E-state index contributed by atoms with van der Waals surface area (Å²) in [7, 11) is 0. The van der Waals surface area contributed by atoms with Crippen molar-refractivity contribution >= 4 is 40.7 Å². The van der Waals surface area contributed by atoms with Crippen molar-refractivity contribution in [1.29, 1.82) is 0 Å². The van der Waals surface area contributed by atoms with Crippen molar-refractivity contribution in [2.24, 2.45) is 11.3 Å². The Kier molecular flexibility index (Phi) is 10.3. The van der Waals surface area contributed by atoms with Crippen LogP contribution < -0.4 is 16.0 Å². The molecule has 3 N–H and O–H groups in total. The molecule has 0 aromatic heterocycles. The lowest BCUT2D eigenvalue weighted by atomic mass is 9.63. The van der Waals surface area contributed by atoms with Crippen molar-refractivity contribution < 1.29 is 18.7 Å². The Morgan fingerprint density at radius 2 is 2.05 bits per heavy atom. The highest BCUT2D eigenvalue weighted by atomic mass is 35.5. The number of morpholine rings is 1. The van der Waals surface area contributed by atoms with Crippen molar-refractivity contribution in [1.82, 2.24) is 15.5 Å². The number of rotatable bonds is 10. The molecule has 3 aliphatic rings. The molecular weight excluding hydrogens is 566 g/mol. The van der Waals surface area contributed by atoms with Gasteiger partial charge in [-0.15, -0.1) is 0 Å². The summed E-state index contributed by atoms with van der Waals surface area (Å²) in [6.45, 7) is 14.6. The number of nitrogens with one attached hydrogen (secondary N) is 3. The topological polar surface area (TPSA) is 82.7 Å². The smallest absolute Gasteiger partial charge is 0.237 e. The lowest BCUT2D eigenvalue weighted by Gasteiger charge is -2.37. The highest BCUT2D eigenvalue weighted by molar-refractivity contribution is 6.31. The molecule has 1 aromatic rings. The van der Waals surface area contributed by atoms with E-state index in [1.165, 1.54) is 18.2 Å².